The quantitative estimate of drug-likeness (QED) is 0.145. The van der Waals surface area contributed by atoms with Gasteiger partial charge >= 0.3 is 0 Å². The zero-order chi connectivity index (χ0) is 21.9. The maximum Gasteiger partial charge on any atom is -0.0199 e. The third kappa shape index (κ3) is 11.8. The van der Waals surface area contributed by atoms with E-state index in [9.17, 15) is 0 Å². The minimum Gasteiger partial charge on any atom is -0.0917 e. The smallest absolute Gasteiger partial charge is 0.0199 e. The molecule has 0 spiro atoms. The summed E-state index contributed by atoms with van der Waals surface area (Å²) in [7, 11) is 0. The summed E-state index contributed by atoms with van der Waals surface area (Å²) in [6.45, 7) is 9.19. The predicted molar refractivity (Wildman–Crippen MR) is 138 cm³/mol. The third-order valence-corrected chi connectivity index (χ3v) is 7.57. The summed E-state index contributed by atoms with van der Waals surface area (Å²) in [5.41, 5.74) is 0. The first-order chi connectivity index (χ1) is 14.8. The van der Waals surface area contributed by atoms with E-state index in [0.29, 0.717) is 0 Å². The highest BCUT2D eigenvalue weighted by Gasteiger charge is 2.34. The van der Waals surface area contributed by atoms with Crippen molar-refractivity contribution in [2.75, 3.05) is 0 Å². The monoisotopic (exact) mass is 416 g/mol. The molecule has 4 unspecified atom stereocenters. The van der Waals surface area contributed by atoms with Gasteiger partial charge in [0.25, 0.3) is 0 Å². The Balaban J connectivity index is 2.75. The maximum absolute atomic E-state index is 2.69. The molecule has 0 N–H and O–H groups in total. The zero-order valence-electron chi connectivity index (χ0n) is 21.3. The third-order valence-electron chi connectivity index (χ3n) is 7.57. The van der Waals surface area contributed by atoms with Crippen LogP contribution in [0.25, 0.3) is 0 Å². The van der Waals surface area contributed by atoms with E-state index >= 15 is 0 Å². The van der Waals surface area contributed by atoms with Gasteiger partial charge in [0, 0.05) is 0 Å². The summed E-state index contributed by atoms with van der Waals surface area (Å²) in [6, 6.07) is 0. The second-order valence-corrected chi connectivity index (χ2v) is 10.1. The predicted octanol–water partition coefficient (Wildman–Crippen LogP) is 10.7. The van der Waals surface area contributed by atoms with Crippen LogP contribution >= 0.6 is 0 Å². The zero-order valence-corrected chi connectivity index (χ0v) is 21.3. The fraction of sp³-hybridized carbons (Fsp3) is 0.867. The van der Waals surface area contributed by atoms with Gasteiger partial charge in [0.2, 0.25) is 0 Å². The van der Waals surface area contributed by atoms with Crippen LogP contribution in [0.15, 0.2) is 24.3 Å². The molecule has 0 aromatic heterocycles. The van der Waals surface area contributed by atoms with E-state index in [1.54, 1.807) is 0 Å². The summed E-state index contributed by atoms with van der Waals surface area (Å²) < 4.78 is 0. The molecule has 176 valence electrons. The Bertz CT molecular complexity index is 418. The highest BCUT2D eigenvalue weighted by Crippen LogP contribution is 2.43. The van der Waals surface area contributed by atoms with E-state index < -0.39 is 0 Å². The number of unbranched alkanes of at least 4 members (excludes halogenated alkanes) is 11. The van der Waals surface area contributed by atoms with Crippen molar-refractivity contribution < 1.29 is 0 Å². The van der Waals surface area contributed by atoms with Crippen LogP contribution in [0, 0.1) is 23.7 Å². The molecule has 0 heterocycles. The van der Waals surface area contributed by atoms with Gasteiger partial charge in [0.05, 0.1) is 0 Å². The lowest BCUT2D eigenvalue weighted by molar-refractivity contribution is 0.160. The summed E-state index contributed by atoms with van der Waals surface area (Å²) in [4.78, 5) is 0. The molecule has 30 heavy (non-hydrogen) atoms. The summed E-state index contributed by atoms with van der Waals surface area (Å²) in [5, 5.41) is 0. The van der Waals surface area contributed by atoms with Crippen molar-refractivity contribution in [3.8, 4) is 0 Å². The Morgan fingerprint density at radius 1 is 0.533 bits per heavy atom. The van der Waals surface area contributed by atoms with Crippen molar-refractivity contribution in [2.45, 2.75) is 143 Å². The van der Waals surface area contributed by atoms with Gasteiger partial charge in [-0.1, -0.05) is 135 Å². The van der Waals surface area contributed by atoms with Crippen molar-refractivity contribution in [3.05, 3.63) is 24.3 Å². The Labute approximate surface area is 191 Å². The van der Waals surface area contributed by atoms with Gasteiger partial charge in [-0.3, -0.25) is 0 Å². The van der Waals surface area contributed by atoms with Gasteiger partial charge in [-0.15, -0.1) is 0 Å². The minimum absolute atomic E-state index is 0.829. The van der Waals surface area contributed by atoms with Gasteiger partial charge in [0.1, 0.15) is 0 Å². The van der Waals surface area contributed by atoms with Crippen LogP contribution in [0.2, 0.25) is 0 Å². The summed E-state index contributed by atoms with van der Waals surface area (Å²) >= 11 is 0. The minimum atomic E-state index is 0.829. The van der Waals surface area contributed by atoms with E-state index in [-0.39, 0.29) is 0 Å². The molecule has 1 aliphatic rings. The lowest BCUT2D eigenvalue weighted by Crippen LogP contribution is -2.31. The Morgan fingerprint density at radius 2 is 0.967 bits per heavy atom. The van der Waals surface area contributed by atoms with E-state index in [4.69, 9.17) is 0 Å². The average Bonchev–Trinajstić information content (AvgIpc) is 2.76. The molecule has 0 saturated heterocycles. The highest BCUT2D eigenvalue weighted by atomic mass is 14.4. The average molecular weight is 417 g/mol. The SMILES string of the molecule is C/C=C/CC1C(CCCCCC)C=CC(CCCCCCC)C1CCCCCCC. The molecule has 1 aliphatic carbocycles. The van der Waals surface area contributed by atoms with Crippen molar-refractivity contribution in [3.63, 3.8) is 0 Å². The van der Waals surface area contributed by atoms with Gasteiger partial charge in [-0.05, 0) is 56.3 Å². The molecular weight excluding hydrogens is 360 g/mol. The molecule has 0 nitrogen and oxygen atoms in total. The first-order valence-corrected chi connectivity index (χ1v) is 14.1. The fourth-order valence-corrected chi connectivity index (χ4v) is 5.67. The number of rotatable bonds is 19. The van der Waals surface area contributed by atoms with Crippen LogP contribution < -0.4 is 0 Å². The van der Waals surface area contributed by atoms with Crippen molar-refractivity contribution in [2.24, 2.45) is 23.7 Å². The molecule has 0 heteroatoms. The van der Waals surface area contributed by atoms with Gasteiger partial charge < -0.3 is 0 Å². The molecule has 4 atom stereocenters. The van der Waals surface area contributed by atoms with Crippen LogP contribution in [0.1, 0.15) is 143 Å². The Kier molecular flexibility index (Phi) is 17.6. The molecule has 0 aliphatic heterocycles. The van der Waals surface area contributed by atoms with E-state index in [1.165, 1.54) is 116 Å². The molecule has 0 fully saturated rings. The first-order valence-electron chi connectivity index (χ1n) is 14.1. The maximum atomic E-state index is 2.69. The fourth-order valence-electron chi connectivity index (χ4n) is 5.67. The van der Waals surface area contributed by atoms with E-state index in [1.807, 2.05) is 0 Å². The lowest BCUT2D eigenvalue weighted by atomic mass is 9.65. The summed E-state index contributed by atoms with van der Waals surface area (Å²) in [6.07, 6.45) is 35.7. The van der Waals surface area contributed by atoms with Crippen molar-refractivity contribution in [1.82, 2.24) is 0 Å². The normalized spacial score (nSPS) is 24.1. The molecule has 0 radical (unpaired) electrons. The topological polar surface area (TPSA) is 0 Å². The van der Waals surface area contributed by atoms with Gasteiger partial charge in [0.15, 0.2) is 0 Å². The van der Waals surface area contributed by atoms with E-state index in [0.717, 1.165) is 23.7 Å². The molecule has 0 amide bonds. The first kappa shape index (κ1) is 27.5. The van der Waals surface area contributed by atoms with Crippen LogP contribution in [0.4, 0.5) is 0 Å². The number of hydrogen-bond acceptors (Lipinski definition) is 0. The Morgan fingerprint density at radius 3 is 1.47 bits per heavy atom. The molecule has 1 rings (SSSR count). The van der Waals surface area contributed by atoms with Crippen LogP contribution in [0.3, 0.4) is 0 Å². The van der Waals surface area contributed by atoms with Crippen molar-refractivity contribution in [1.29, 1.82) is 0 Å². The molecule has 0 bridgehead atoms. The van der Waals surface area contributed by atoms with Gasteiger partial charge in [-0.2, -0.15) is 0 Å². The molecule has 0 aromatic carbocycles. The van der Waals surface area contributed by atoms with Crippen molar-refractivity contribution >= 4 is 0 Å². The highest BCUT2D eigenvalue weighted by molar-refractivity contribution is 5.06. The second kappa shape index (κ2) is 19.2. The number of allylic oxidation sites excluding steroid dienone is 4. The van der Waals surface area contributed by atoms with Crippen LogP contribution in [0.5, 0.6) is 0 Å². The second-order valence-electron chi connectivity index (χ2n) is 10.1. The number of hydrogen-bond donors (Lipinski definition) is 0. The van der Waals surface area contributed by atoms with Crippen LogP contribution in [-0.2, 0) is 0 Å². The van der Waals surface area contributed by atoms with Crippen LogP contribution in [-0.4, -0.2) is 0 Å². The van der Waals surface area contributed by atoms with E-state index in [2.05, 4.69) is 52.0 Å². The molecule has 0 saturated carbocycles. The largest absolute Gasteiger partial charge is 0.0917 e. The standard InChI is InChI=1S/C30H56/c1-5-9-13-16-19-22-28-26-25-27(21-18-15-11-7-3)29(23-12-8-4)30(28)24-20-17-14-10-6-2/h8,12,25-30H,5-7,9-11,13-24H2,1-4H3/b12-8+. The Hall–Kier alpha value is -0.520. The molecular formula is C30H56. The lowest BCUT2D eigenvalue weighted by Gasteiger charge is -2.40. The molecule has 0 aromatic rings. The summed E-state index contributed by atoms with van der Waals surface area (Å²) in [5.74, 6) is 3.49. The van der Waals surface area contributed by atoms with Gasteiger partial charge in [-0.25, -0.2) is 0 Å².